The fraction of sp³-hybridized carbons (Fsp3) is 0.500. The third-order valence-corrected chi connectivity index (χ3v) is 2.06. The van der Waals surface area contributed by atoms with Crippen LogP contribution in [0.4, 0.5) is 5.69 Å². The number of unbranched alkanes of at least 4 members (excludes halogenated alkanes) is 3. The van der Waals surface area contributed by atoms with Crippen LogP contribution >= 0.6 is 0 Å². The third-order valence-electron chi connectivity index (χ3n) is 2.06. The number of hydrogen-bond donors (Lipinski definition) is 1. The van der Waals surface area contributed by atoms with Crippen LogP contribution < -0.4 is 0 Å². The molecule has 5 nitrogen and oxygen atoms in total. The highest BCUT2D eigenvalue weighted by atomic mass is 16.6. The number of aliphatic hydroxyl groups excluding tert-OH is 1. The van der Waals surface area contributed by atoms with E-state index in [2.05, 4.69) is 6.92 Å². The predicted molar refractivity (Wildman–Crippen MR) is 64.5 cm³/mol. The van der Waals surface area contributed by atoms with Crippen molar-refractivity contribution in [2.45, 2.75) is 32.6 Å². The van der Waals surface area contributed by atoms with Crippen molar-refractivity contribution in [3.05, 3.63) is 34.4 Å². The molecule has 0 aliphatic carbocycles. The molecule has 1 aromatic carbocycles. The lowest BCUT2D eigenvalue weighted by atomic mass is 10.2. The Morgan fingerprint density at radius 3 is 2.18 bits per heavy atom. The summed E-state index contributed by atoms with van der Waals surface area (Å²) in [5.74, 6) is -0.217. The number of rotatable bonds is 5. The van der Waals surface area contributed by atoms with E-state index >= 15 is 0 Å². The monoisotopic (exact) mass is 240 g/mol. The van der Waals surface area contributed by atoms with E-state index in [1.807, 2.05) is 0 Å². The van der Waals surface area contributed by atoms with Gasteiger partial charge in [-0.1, -0.05) is 26.2 Å². The first-order valence-electron chi connectivity index (χ1n) is 5.64. The van der Waals surface area contributed by atoms with Gasteiger partial charge in [0.15, 0.2) is 5.75 Å². The molecule has 0 atom stereocenters. The standard InChI is InChI=1S/C6H4NO3.C6H14O/c8-6-3-1-5(2-4-6)7(9)10;1-2-3-4-5-6-7/h1-4H;7H,2-6H2,1H3. The van der Waals surface area contributed by atoms with Crippen LogP contribution in [0.3, 0.4) is 0 Å². The molecule has 1 aromatic rings. The fourth-order valence-corrected chi connectivity index (χ4v) is 1.11. The highest BCUT2D eigenvalue weighted by Gasteiger charge is 2.02. The van der Waals surface area contributed by atoms with Gasteiger partial charge in [0.25, 0.3) is 5.69 Å². The lowest BCUT2D eigenvalue weighted by Crippen LogP contribution is -1.85. The number of aliphatic hydroxyl groups is 1. The van der Waals surface area contributed by atoms with Gasteiger partial charge in [0, 0.05) is 18.7 Å². The molecule has 0 saturated carbocycles. The van der Waals surface area contributed by atoms with Crippen LogP contribution in [-0.2, 0) is 5.11 Å². The molecule has 0 amide bonds. The van der Waals surface area contributed by atoms with Crippen molar-refractivity contribution in [1.82, 2.24) is 0 Å². The molecule has 0 bridgehead atoms. The van der Waals surface area contributed by atoms with E-state index in [1.165, 1.54) is 31.4 Å². The van der Waals surface area contributed by atoms with Gasteiger partial charge in [-0.3, -0.25) is 15.2 Å². The molecule has 95 valence electrons. The second-order valence-corrected chi connectivity index (χ2v) is 3.54. The van der Waals surface area contributed by atoms with E-state index in [-0.39, 0.29) is 11.4 Å². The summed E-state index contributed by atoms with van der Waals surface area (Å²) in [6.07, 6.45) is 4.68. The Kier molecular flexibility index (Phi) is 8.68. The molecule has 0 heterocycles. The minimum atomic E-state index is -0.542. The molecule has 1 rings (SSSR count). The van der Waals surface area contributed by atoms with E-state index in [0.717, 1.165) is 18.6 Å². The molecule has 0 aromatic heterocycles. The fourth-order valence-electron chi connectivity index (χ4n) is 1.11. The topological polar surface area (TPSA) is 83.3 Å². The highest BCUT2D eigenvalue weighted by Crippen LogP contribution is 2.15. The Balaban J connectivity index is 0.000000325. The Morgan fingerprint density at radius 1 is 1.18 bits per heavy atom. The molecule has 0 unspecified atom stereocenters. The Hall–Kier alpha value is -1.62. The van der Waals surface area contributed by atoms with E-state index in [1.54, 1.807) is 0 Å². The van der Waals surface area contributed by atoms with Crippen LogP contribution in [0.25, 0.3) is 0 Å². The maximum absolute atomic E-state index is 10.4. The zero-order valence-corrected chi connectivity index (χ0v) is 9.96. The van der Waals surface area contributed by atoms with E-state index in [0.29, 0.717) is 6.61 Å². The third kappa shape index (κ3) is 8.21. The number of benzene rings is 1. The van der Waals surface area contributed by atoms with Crippen molar-refractivity contribution < 1.29 is 15.1 Å². The largest absolute Gasteiger partial charge is 0.396 e. The summed E-state index contributed by atoms with van der Waals surface area (Å²) in [5.41, 5.74) is -0.0559. The molecule has 1 radical (unpaired) electrons. The Bertz CT molecular complexity index is 307. The van der Waals surface area contributed by atoms with Gasteiger partial charge in [-0.15, -0.1) is 0 Å². The van der Waals surface area contributed by atoms with Crippen LogP contribution in [0.15, 0.2) is 24.3 Å². The number of nitrogens with zero attached hydrogens (tertiary/aromatic N) is 1. The summed E-state index contributed by atoms with van der Waals surface area (Å²) in [6.45, 7) is 2.53. The minimum Gasteiger partial charge on any atom is -0.396 e. The first-order valence-corrected chi connectivity index (χ1v) is 5.64. The maximum Gasteiger partial charge on any atom is 0.269 e. The van der Waals surface area contributed by atoms with Crippen LogP contribution in [0.2, 0.25) is 0 Å². The van der Waals surface area contributed by atoms with Crippen molar-refractivity contribution in [2.75, 3.05) is 6.61 Å². The summed E-state index contributed by atoms with van der Waals surface area (Å²) >= 11 is 0. The second-order valence-electron chi connectivity index (χ2n) is 3.54. The lowest BCUT2D eigenvalue weighted by molar-refractivity contribution is -0.384. The Morgan fingerprint density at radius 2 is 1.76 bits per heavy atom. The number of nitro benzene ring substituents is 1. The van der Waals surface area contributed by atoms with Crippen LogP contribution in [0.1, 0.15) is 32.6 Å². The average molecular weight is 240 g/mol. The Labute approximate surface area is 101 Å². The molecule has 0 spiro atoms. The summed E-state index contributed by atoms with van der Waals surface area (Å²) in [6, 6.07) is 4.70. The molecular weight excluding hydrogens is 222 g/mol. The van der Waals surface area contributed by atoms with Gasteiger partial charge in [0.05, 0.1) is 4.92 Å². The molecular formula is C12H18NO4. The summed E-state index contributed by atoms with van der Waals surface area (Å²) in [5, 5.41) is 28.7. The summed E-state index contributed by atoms with van der Waals surface area (Å²) in [7, 11) is 0. The summed E-state index contributed by atoms with van der Waals surface area (Å²) < 4.78 is 0. The van der Waals surface area contributed by atoms with Gasteiger partial charge in [0.1, 0.15) is 0 Å². The smallest absolute Gasteiger partial charge is 0.269 e. The number of nitro groups is 1. The van der Waals surface area contributed by atoms with E-state index in [4.69, 9.17) is 5.11 Å². The van der Waals surface area contributed by atoms with Crippen molar-refractivity contribution >= 4 is 5.69 Å². The van der Waals surface area contributed by atoms with Crippen molar-refractivity contribution in [3.63, 3.8) is 0 Å². The zero-order chi connectivity index (χ0) is 13.1. The van der Waals surface area contributed by atoms with Crippen molar-refractivity contribution in [3.8, 4) is 5.75 Å². The van der Waals surface area contributed by atoms with Gasteiger partial charge in [-0.05, 0) is 18.6 Å². The van der Waals surface area contributed by atoms with Crippen LogP contribution in [0, 0.1) is 10.1 Å². The predicted octanol–water partition coefficient (Wildman–Crippen LogP) is 3.30. The molecule has 17 heavy (non-hydrogen) atoms. The first kappa shape index (κ1) is 15.4. The molecule has 1 N–H and O–H groups in total. The zero-order valence-electron chi connectivity index (χ0n) is 9.96. The van der Waals surface area contributed by atoms with Gasteiger partial charge in [-0.25, -0.2) is 0 Å². The van der Waals surface area contributed by atoms with E-state index in [9.17, 15) is 15.2 Å². The lowest BCUT2D eigenvalue weighted by Gasteiger charge is -1.90. The molecule has 0 aliphatic rings. The van der Waals surface area contributed by atoms with Crippen molar-refractivity contribution in [1.29, 1.82) is 0 Å². The van der Waals surface area contributed by atoms with Crippen molar-refractivity contribution in [2.24, 2.45) is 0 Å². The number of hydrogen-bond acceptors (Lipinski definition) is 3. The van der Waals surface area contributed by atoms with Gasteiger partial charge < -0.3 is 5.11 Å². The molecule has 0 fully saturated rings. The van der Waals surface area contributed by atoms with Gasteiger partial charge in [-0.2, -0.15) is 0 Å². The quantitative estimate of drug-likeness (QED) is 0.487. The van der Waals surface area contributed by atoms with Gasteiger partial charge >= 0.3 is 0 Å². The SMILES string of the molecule is CCCCCCO.[O]c1ccc([N+](=O)[O-])cc1. The summed E-state index contributed by atoms with van der Waals surface area (Å²) in [4.78, 5) is 9.47. The minimum absolute atomic E-state index is 0.0559. The van der Waals surface area contributed by atoms with Gasteiger partial charge in [0.2, 0.25) is 0 Å². The van der Waals surface area contributed by atoms with E-state index < -0.39 is 4.92 Å². The molecule has 0 saturated heterocycles. The second kappa shape index (κ2) is 9.59. The van der Waals surface area contributed by atoms with Crippen LogP contribution in [-0.4, -0.2) is 16.6 Å². The molecule has 0 aliphatic heterocycles. The molecule has 5 heteroatoms. The average Bonchev–Trinajstić information content (AvgIpc) is 2.31. The van der Waals surface area contributed by atoms with Crippen LogP contribution in [0.5, 0.6) is 5.75 Å². The number of non-ortho nitro benzene ring substituents is 1. The normalized spacial score (nSPS) is 9.29. The highest BCUT2D eigenvalue weighted by molar-refractivity contribution is 5.34. The maximum atomic E-state index is 10.4. The first-order chi connectivity index (χ1) is 8.11.